The van der Waals surface area contributed by atoms with Gasteiger partial charge < -0.3 is 5.11 Å². The van der Waals surface area contributed by atoms with Crippen molar-refractivity contribution in [2.24, 2.45) is 17.8 Å². The molecule has 2 bridgehead atoms. The van der Waals surface area contributed by atoms with Gasteiger partial charge in [0.05, 0.1) is 0 Å². The summed E-state index contributed by atoms with van der Waals surface area (Å²) in [6.45, 7) is 1.28. The lowest BCUT2D eigenvalue weighted by Crippen LogP contribution is -2.24. The smallest absolute Gasteiger partial charge is 0.204 e. The zero-order chi connectivity index (χ0) is 8.77. The van der Waals surface area contributed by atoms with Gasteiger partial charge in [-0.3, -0.25) is 0 Å². The molecule has 1 nitrogen and oxygen atoms in total. The van der Waals surface area contributed by atoms with Crippen molar-refractivity contribution in [2.75, 3.05) is 0 Å². The van der Waals surface area contributed by atoms with Gasteiger partial charge in [-0.1, -0.05) is 6.42 Å². The highest BCUT2D eigenvalue weighted by Gasteiger charge is 2.42. The Morgan fingerprint density at radius 3 is 2.58 bits per heavy atom. The first-order chi connectivity index (χ1) is 5.54. The van der Waals surface area contributed by atoms with E-state index >= 15 is 0 Å². The molecule has 2 aliphatic rings. The summed E-state index contributed by atoms with van der Waals surface area (Å²) >= 11 is 0. The SMILES string of the molecule is CC(O)(F)CC1CC2CCC1C2. The third-order valence-corrected chi connectivity index (χ3v) is 3.52. The maximum Gasteiger partial charge on any atom is 0.204 e. The van der Waals surface area contributed by atoms with E-state index in [9.17, 15) is 4.39 Å². The van der Waals surface area contributed by atoms with Crippen molar-refractivity contribution in [2.45, 2.75) is 44.9 Å². The van der Waals surface area contributed by atoms with Crippen LogP contribution in [-0.2, 0) is 0 Å². The molecule has 4 unspecified atom stereocenters. The Hall–Kier alpha value is -0.110. The van der Waals surface area contributed by atoms with Crippen LogP contribution in [0.4, 0.5) is 4.39 Å². The Balaban J connectivity index is 1.91. The van der Waals surface area contributed by atoms with E-state index < -0.39 is 5.85 Å². The summed E-state index contributed by atoms with van der Waals surface area (Å²) in [5, 5.41) is 9.04. The molecule has 2 saturated carbocycles. The van der Waals surface area contributed by atoms with Gasteiger partial charge in [-0.2, -0.15) is 0 Å². The minimum Gasteiger partial charge on any atom is -0.362 e. The van der Waals surface area contributed by atoms with Crippen LogP contribution in [0.2, 0.25) is 0 Å². The maximum absolute atomic E-state index is 12.9. The van der Waals surface area contributed by atoms with E-state index in [1.165, 1.54) is 26.2 Å². The van der Waals surface area contributed by atoms with Crippen molar-refractivity contribution in [1.82, 2.24) is 0 Å². The molecule has 1 N–H and O–H groups in total. The Bertz CT molecular complexity index is 173. The summed E-state index contributed by atoms with van der Waals surface area (Å²) in [7, 11) is 0. The molecule has 0 aromatic carbocycles. The standard InChI is InChI=1S/C10H17FO/c1-10(11,12)6-9-5-7-2-3-8(9)4-7/h7-9,12H,2-6H2,1H3. The van der Waals surface area contributed by atoms with Crippen LogP contribution in [0.5, 0.6) is 0 Å². The van der Waals surface area contributed by atoms with E-state index in [4.69, 9.17) is 5.11 Å². The molecule has 70 valence electrons. The molecule has 0 saturated heterocycles. The first-order valence-electron chi connectivity index (χ1n) is 4.96. The number of halogens is 1. The van der Waals surface area contributed by atoms with Gasteiger partial charge in [-0.15, -0.1) is 0 Å². The van der Waals surface area contributed by atoms with Gasteiger partial charge in [0, 0.05) is 6.42 Å². The fourth-order valence-corrected chi connectivity index (χ4v) is 3.11. The number of aliphatic hydroxyl groups is 1. The molecule has 0 radical (unpaired) electrons. The average Bonchev–Trinajstić information content (AvgIpc) is 2.42. The monoisotopic (exact) mass is 172 g/mol. The van der Waals surface area contributed by atoms with Crippen molar-refractivity contribution in [1.29, 1.82) is 0 Å². The summed E-state index contributed by atoms with van der Waals surface area (Å²) in [5.41, 5.74) is 0. The molecule has 2 heteroatoms. The lowest BCUT2D eigenvalue weighted by atomic mass is 9.84. The summed E-state index contributed by atoms with van der Waals surface area (Å²) in [5.74, 6) is 0.0955. The predicted molar refractivity (Wildman–Crippen MR) is 45.3 cm³/mol. The highest BCUT2D eigenvalue weighted by atomic mass is 19.2. The van der Waals surface area contributed by atoms with Crippen LogP contribution in [0.1, 0.15) is 39.0 Å². The highest BCUT2D eigenvalue weighted by Crippen LogP contribution is 2.50. The molecule has 0 amide bonds. The predicted octanol–water partition coefficient (Wildman–Crippen LogP) is 2.49. The van der Waals surface area contributed by atoms with Crippen molar-refractivity contribution in [3.05, 3.63) is 0 Å². The minimum atomic E-state index is -1.94. The fourth-order valence-electron chi connectivity index (χ4n) is 3.11. The van der Waals surface area contributed by atoms with Gasteiger partial charge in [0.25, 0.3) is 0 Å². The molecule has 2 aliphatic carbocycles. The number of hydrogen-bond donors (Lipinski definition) is 1. The minimum absolute atomic E-state index is 0.355. The molecule has 0 spiro atoms. The highest BCUT2D eigenvalue weighted by molar-refractivity contribution is 4.91. The molecular formula is C10H17FO. The first-order valence-corrected chi connectivity index (χ1v) is 4.96. The number of alkyl halides is 1. The third kappa shape index (κ3) is 1.63. The van der Waals surface area contributed by atoms with E-state index in [0.717, 1.165) is 18.3 Å². The van der Waals surface area contributed by atoms with E-state index in [2.05, 4.69) is 0 Å². The second-order valence-electron chi connectivity index (χ2n) is 4.78. The Morgan fingerprint density at radius 1 is 1.42 bits per heavy atom. The van der Waals surface area contributed by atoms with Crippen LogP contribution in [0, 0.1) is 17.8 Å². The molecule has 4 atom stereocenters. The molecule has 2 fully saturated rings. The van der Waals surface area contributed by atoms with E-state index in [-0.39, 0.29) is 0 Å². The summed E-state index contributed by atoms with van der Waals surface area (Å²) in [4.78, 5) is 0. The van der Waals surface area contributed by atoms with Gasteiger partial charge >= 0.3 is 0 Å². The third-order valence-electron chi connectivity index (χ3n) is 3.52. The average molecular weight is 172 g/mol. The maximum atomic E-state index is 12.9. The largest absolute Gasteiger partial charge is 0.362 e. The molecule has 0 aromatic rings. The van der Waals surface area contributed by atoms with E-state index in [1.807, 2.05) is 0 Å². The lowest BCUT2D eigenvalue weighted by Gasteiger charge is -2.25. The zero-order valence-electron chi connectivity index (χ0n) is 7.59. The second kappa shape index (κ2) is 2.69. The first kappa shape index (κ1) is 8.49. The van der Waals surface area contributed by atoms with Crippen molar-refractivity contribution >= 4 is 0 Å². The Kier molecular flexibility index (Phi) is 1.90. The van der Waals surface area contributed by atoms with Crippen LogP contribution in [-0.4, -0.2) is 11.0 Å². The van der Waals surface area contributed by atoms with Crippen molar-refractivity contribution in [3.8, 4) is 0 Å². The summed E-state index contributed by atoms with van der Waals surface area (Å²) in [6, 6.07) is 0. The molecule has 2 rings (SSSR count). The lowest BCUT2D eigenvalue weighted by molar-refractivity contribution is -0.0924. The van der Waals surface area contributed by atoms with E-state index in [1.54, 1.807) is 0 Å². The van der Waals surface area contributed by atoms with Crippen LogP contribution < -0.4 is 0 Å². The van der Waals surface area contributed by atoms with Crippen LogP contribution >= 0.6 is 0 Å². The van der Waals surface area contributed by atoms with Gasteiger partial charge in [0.1, 0.15) is 0 Å². The molecular weight excluding hydrogens is 155 g/mol. The Labute approximate surface area is 73.0 Å². The molecule has 0 aliphatic heterocycles. The summed E-state index contributed by atoms with van der Waals surface area (Å²) < 4.78 is 12.9. The Morgan fingerprint density at radius 2 is 2.17 bits per heavy atom. The molecule has 0 aromatic heterocycles. The second-order valence-corrected chi connectivity index (χ2v) is 4.78. The van der Waals surface area contributed by atoms with Gasteiger partial charge in [0.15, 0.2) is 0 Å². The van der Waals surface area contributed by atoms with Crippen molar-refractivity contribution in [3.63, 3.8) is 0 Å². The van der Waals surface area contributed by atoms with Crippen LogP contribution in [0.25, 0.3) is 0 Å². The normalized spacial score (nSPS) is 44.8. The van der Waals surface area contributed by atoms with Gasteiger partial charge in [0.2, 0.25) is 5.85 Å². The fraction of sp³-hybridized carbons (Fsp3) is 1.00. The number of rotatable bonds is 2. The van der Waals surface area contributed by atoms with E-state index in [0.29, 0.717) is 12.3 Å². The zero-order valence-corrected chi connectivity index (χ0v) is 7.59. The number of fused-ring (bicyclic) bond motifs is 2. The van der Waals surface area contributed by atoms with Crippen molar-refractivity contribution < 1.29 is 9.50 Å². The summed E-state index contributed by atoms with van der Waals surface area (Å²) in [6.07, 6.45) is 5.42. The van der Waals surface area contributed by atoms with Crippen LogP contribution in [0.15, 0.2) is 0 Å². The quantitative estimate of drug-likeness (QED) is 0.678. The van der Waals surface area contributed by atoms with Crippen LogP contribution in [0.3, 0.4) is 0 Å². The number of hydrogen-bond acceptors (Lipinski definition) is 1. The van der Waals surface area contributed by atoms with Gasteiger partial charge in [-0.05, 0) is 43.9 Å². The molecule has 12 heavy (non-hydrogen) atoms. The molecule has 0 heterocycles. The topological polar surface area (TPSA) is 20.2 Å². The van der Waals surface area contributed by atoms with Gasteiger partial charge in [-0.25, -0.2) is 4.39 Å².